The molecule has 0 bridgehead atoms. The lowest BCUT2D eigenvalue weighted by Crippen LogP contribution is -2.09. The van der Waals surface area contributed by atoms with Crippen LogP contribution in [0.15, 0.2) is 28.8 Å². The van der Waals surface area contributed by atoms with Gasteiger partial charge in [-0.3, -0.25) is 0 Å². The average molecular weight is 404 g/mol. The Morgan fingerprint density at radius 3 is 2.64 bits per heavy atom. The standard InChI is InChI=1S/C19H18ClN3O5/c1-4-26-19(25)16-10(2)15(11(3)21-16)18(24)27-9-14-22-17(23-28-14)12-7-5-6-8-13(12)20/h5-8,21H,4,9H2,1-3H3. The van der Waals surface area contributed by atoms with Gasteiger partial charge in [-0.2, -0.15) is 4.98 Å². The van der Waals surface area contributed by atoms with Gasteiger partial charge in [0.15, 0.2) is 6.61 Å². The number of rotatable bonds is 6. The number of nitrogens with one attached hydrogen (secondary N) is 1. The van der Waals surface area contributed by atoms with Crippen LogP contribution in [0.1, 0.15) is 44.9 Å². The Morgan fingerprint density at radius 1 is 1.18 bits per heavy atom. The monoisotopic (exact) mass is 403 g/mol. The summed E-state index contributed by atoms with van der Waals surface area (Å²) in [5.74, 6) is -0.710. The summed E-state index contributed by atoms with van der Waals surface area (Å²) in [7, 11) is 0. The number of hydrogen-bond donors (Lipinski definition) is 1. The molecule has 146 valence electrons. The quantitative estimate of drug-likeness (QED) is 0.622. The van der Waals surface area contributed by atoms with E-state index < -0.39 is 11.9 Å². The second kappa shape index (κ2) is 8.26. The van der Waals surface area contributed by atoms with E-state index in [1.54, 1.807) is 45.0 Å². The highest BCUT2D eigenvalue weighted by Gasteiger charge is 2.24. The van der Waals surface area contributed by atoms with Crippen LogP contribution in [0.4, 0.5) is 0 Å². The highest BCUT2D eigenvalue weighted by atomic mass is 35.5. The Bertz CT molecular complexity index is 1020. The van der Waals surface area contributed by atoms with E-state index in [-0.39, 0.29) is 30.4 Å². The molecule has 28 heavy (non-hydrogen) atoms. The van der Waals surface area contributed by atoms with Crippen molar-refractivity contribution in [2.24, 2.45) is 0 Å². The van der Waals surface area contributed by atoms with Crippen LogP contribution in [0.5, 0.6) is 0 Å². The number of nitrogens with zero attached hydrogens (tertiary/aromatic N) is 2. The summed E-state index contributed by atoms with van der Waals surface area (Å²) in [4.78, 5) is 31.5. The van der Waals surface area contributed by atoms with Gasteiger partial charge in [-0.15, -0.1) is 0 Å². The third-order valence-corrected chi connectivity index (χ3v) is 4.36. The van der Waals surface area contributed by atoms with E-state index in [0.717, 1.165) is 0 Å². The number of carbonyl (C=O) groups excluding carboxylic acids is 2. The molecule has 3 aromatic rings. The Hall–Kier alpha value is -3.13. The molecular formula is C19H18ClN3O5. The van der Waals surface area contributed by atoms with Crippen LogP contribution in [0.25, 0.3) is 11.4 Å². The summed E-state index contributed by atoms with van der Waals surface area (Å²) in [5.41, 5.74) is 2.08. The summed E-state index contributed by atoms with van der Waals surface area (Å²) in [5, 5.41) is 4.33. The molecule has 0 radical (unpaired) electrons. The zero-order valence-electron chi connectivity index (χ0n) is 15.5. The van der Waals surface area contributed by atoms with Crippen molar-refractivity contribution in [3.05, 3.63) is 57.7 Å². The topological polar surface area (TPSA) is 107 Å². The zero-order valence-corrected chi connectivity index (χ0v) is 16.3. The van der Waals surface area contributed by atoms with Gasteiger partial charge in [-0.25, -0.2) is 9.59 Å². The van der Waals surface area contributed by atoms with Crippen molar-refractivity contribution in [2.45, 2.75) is 27.4 Å². The van der Waals surface area contributed by atoms with Crippen molar-refractivity contribution in [1.82, 2.24) is 15.1 Å². The maximum atomic E-state index is 12.5. The molecule has 0 saturated heterocycles. The summed E-state index contributed by atoms with van der Waals surface area (Å²) in [6, 6.07) is 7.06. The van der Waals surface area contributed by atoms with Crippen molar-refractivity contribution in [2.75, 3.05) is 6.61 Å². The van der Waals surface area contributed by atoms with E-state index in [4.69, 9.17) is 25.6 Å². The minimum atomic E-state index is -0.612. The molecule has 0 spiro atoms. The van der Waals surface area contributed by atoms with Gasteiger partial charge in [-0.05, 0) is 38.5 Å². The third-order valence-electron chi connectivity index (χ3n) is 4.03. The second-order valence-electron chi connectivity index (χ2n) is 5.91. The molecule has 0 fully saturated rings. The number of halogens is 1. The van der Waals surface area contributed by atoms with Crippen molar-refractivity contribution in [3.63, 3.8) is 0 Å². The van der Waals surface area contributed by atoms with Crippen LogP contribution in [0, 0.1) is 13.8 Å². The first-order valence-electron chi connectivity index (χ1n) is 8.53. The van der Waals surface area contributed by atoms with Gasteiger partial charge in [-0.1, -0.05) is 28.9 Å². The lowest BCUT2D eigenvalue weighted by Gasteiger charge is -2.03. The van der Waals surface area contributed by atoms with Gasteiger partial charge >= 0.3 is 11.9 Å². The van der Waals surface area contributed by atoms with E-state index in [1.165, 1.54) is 0 Å². The van der Waals surface area contributed by atoms with Crippen molar-refractivity contribution in [1.29, 1.82) is 0 Å². The molecule has 8 nitrogen and oxygen atoms in total. The van der Waals surface area contributed by atoms with Gasteiger partial charge in [0, 0.05) is 11.3 Å². The molecule has 2 heterocycles. The van der Waals surface area contributed by atoms with Crippen LogP contribution in [-0.4, -0.2) is 33.7 Å². The minimum Gasteiger partial charge on any atom is -0.461 e. The first-order valence-corrected chi connectivity index (χ1v) is 8.91. The second-order valence-corrected chi connectivity index (χ2v) is 6.32. The lowest BCUT2D eigenvalue weighted by molar-refractivity contribution is 0.0428. The highest BCUT2D eigenvalue weighted by Crippen LogP contribution is 2.25. The maximum absolute atomic E-state index is 12.5. The van der Waals surface area contributed by atoms with Crippen molar-refractivity contribution >= 4 is 23.5 Å². The summed E-state index contributed by atoms with van der Waals surface area (Å²) >= 11 is 6.11. The molecule has 0 aliphatic rings. The number of hydrogen-bond acceptors (Lipinski definition) is 7. The number of aromatic amines is 1. The smallest absolute Gasteiger partial charge is 0.355 e. The van der Waals surface area contributed by atoms with Gasteiger partial charge < -0.3 is 19.0 Å². The third kappa shape index (κ3) is 3.91. The van der Waals surface area contributed by atoms with Crippen LogP contribution in [0.2, 0.25) is 5.02 Å². The lowest BCUT2D eigenvalue weighted by atomic mass is 10.1. The van der Waals surface area contributed by atoms with Gasteiger partial charge in [0.05, 0.1) is 17.2 Å². The average Bonchev–Trinajstić information content (AvgIpc) is 3.25. The van der Waals surface area contributed by atoms with E-state index in [9.17, 15) is 9.59 Å². The molecule has 0 atom stereocenters. The van der Waals surface area contributed by atoms with Crippen molar-refractivity contribution in [3.8, 4) is 11.4 Å². The van der Waals surface area contributed by atoms with Crippen LogP contribution in [0.3, 0.4) is 0 Å². The molecule has 0 saturated carbocycles. The SMILES string of the molecule is CCOC(=O)c1[nH]c(C)c(C(=O)OCc2nc(-c3ccccc3Cl)no2)c1C. The molecule has 0 unspecified atom stereocenters. The largest absolute Gasteiger partial charge is 0.461 e. The van der Waals surface area contributed by atoms with Crippen molar-refractivity contribution < 1.29 is 23.6 Å². The number of aryl methyl sites for hydroxylation is 1. The van der Waals surface area contributed by atoms with E-state index in [1.807, 2.05) is 0 Å². The normalized spacial score (nSPS) is 10.7. The van der Waals surface area contributed by atoms with E-state index in [2.05, 4.69) is 15.1 Å². The Morgan fingerprint density at radius 2 is 1.93 bits per heavy atom. The van der Waals surface area contributed by atoms with Gasteiger partial charge in [0.25, 0.3) is 5.89 Å². The molecule has 2 aromatic heterocycles. The van der Waals surface area contributed by atoms with Gasteiger partial charge in [0.2, 0.25) is 5.82 Å². The van der Waals surface area contributed by atoms with E-state index >= 15 is 0 Å². The first kappa shape index (κ1) is 19.6. The molecule has 0 aliphatic heterocycles. The summed E-state index contributed by atoms with van der Waals surface area (Å²) in [6.07, 6.45) is 0. The number of carbonyl (C=O) groups is 2. The Kier molecular flexibility index (Phi) is 5.79. The molecule has 0 amide bonds. The van der Waals surface area contributed by atoms with Crippen LogP contribution >= 0.6 is 11.6 Å². The number of ether oxygens (including phenoxy) is 2. The fraction of sp³-hybridized carbons (Fsp3) is 0.263. The van der Waals surface area contributed by atoms with Gasteiger partial charge in [0.1, 0.15) is 5.69 Å². The minimum absolute atomic E-state index is 0.125. The predicted octanol–water partition coefficient (Wildman–Crippen LogP) is 3.87. The predicted molar refractivity (Wildman–Crippen MR) is 100 cm³/mol. The van der Waals surface area contributed by atoms with Crippen LogP contribution < -0.4 is 0 Å². The molecule has 1 N–H and O–H groups in total. The molecule has 9 heteroatoms. The summed E-state index contributed by atoms with van der Waals surface area (Å²) < 4.78 is 15.4. The van der Waals surface area contributed by atoms with E-state index in [0.29, 0.717) is 27.7 Å². The number of H-pyrrole nitrogens is 1. The molecular weight excluding hydrogens is 386 g/mol. The highest BCUT2D eigenvalue weighted by molar-refractivity contribution is 6.33. The summed E-state index contributed by atoms with van der Waals surface area (Å²) in [6.45, 7) is 5.05. The fourth-order valence-corrected chi connectivity index (χ4v) is 2.95. The number of aromatic nitrogens is 3. The molecule has 1 aromatic carbocycles. The maximum Gasteiger partial charge on any atom is 0.355 e. The Balaban J connectivity index is 1.72. The zero-order chi connectivity index (χ0) is 20.3. The number of esters is 2. The first-order chi connectivity index (χ1) is 13.4. The number of benzene rings is 1. The van der Waals surface area contributed by atoms with Crippen LogP contribution in [-0.2, 0) is 16.1 Å². The molecule has 3 rings (SSSR count). The fourth-order valence-electron chi connectivity index (χ4n) is 2.73. The Labute approximate surface area is 165 Å². The molecule has 0 aliphatic carbocycles.